The van der Waals surface area contributed by atoms with Gasteiger partial charge >= 0.3 is 0 Å². The van der Waals surface area contributed by atoms with E-state index in [1.807, 2.05) is 61.8 Å². The van der Waals surface area contributed by atoms with E-state index in [9.17, 15) is 14.4 Å². The van der Waals surface area contributed by atoms with Crippen molar-refractivity contribution in [1.82, 2.24) is 14.7 Å². The molecule has 2 heterocycles. The van der Waals surface area contributed by atoms with Crippen LogP contribution in [-0.4, -0.2) is 77.3 Å². The second-order valence-corrected chi connectivity index (χ2v) is 9.04. The van der Waals surface area contributed by atoms with Gasteiger partial charge in [-0.15, -0.1) is 0 Å². The summed E-state index contributed by atoms with van der Waals surface area (Å²) in [6.45, 7) is 11.1. The summed E-state index contributed by atoms with van der Waals surface area (Å²) in [7, 11) is 0. The van der Waals surface area contributed by atoms with Crippen LogP contribution in [0.2, 0.25) is 0 Å². The Morgan fingerprint density at radius 1 is 1.03 bits per heavy atom. The second kappa shape index (κ2) is 9.06. The summed E-state index contributed by atoms with van der Waals surface area (Å²) in [6.07, 6.45) is 0.630. The van der Waals surface area contributed by atoms with Gasteiger partial charge in [0.05, 0.1) is 18.9 Å². The smallest absolute Gasteiger partial charge is 0.228 e. The van der Waals surface area contributed by atoms with E-state index < -0.39 is 0 Å². The third kappa shape index (κ3) is 5.12. The molecule has 1 aromatic carbocycles. The zero-order valence-corrected chi connectivity index (χ0v) is 18.5. The molecule has 0 spiro atoms. The Morgan fingerprint density at radius 3 is 2.17 bits per heavy atom. The number of piperazine rings is 1. The quantitative estimate of drug-likeness (QED) is 0.737. The van der Waals surface area contributed by atoms with Crippen molar-refractivity contribution in [3.63, 3.8) is 0 Å². The number of ether oxygens (including phenoxy) is 1. The maximum Gasteiger partial charge on any atom is 0.228 e. The van der Waals surface area contributed by atoms with Crippen molar-refractivity contribution in [3.05, 3.63) is 29.8 Å². The van der Waals surface area contributed by atoms with Gasteiger partial charge in [-0.2, -0.15) is 0 Å². The molecule has 2 aliphatic rings. The average Bonchev–Trinajstić information content (AvgIpc) is 3.11. The summed E-state index contributed by atoms with van der Waals surface area (Å²) in [5.74, 6) is 0.680. The van der Waals surface area contributed by atoms with Crippen LogP contribution in [0.3, 0.4) is 0 Å². The van der Waals surface area contributed by atoms with Gasteiger partial charge in [0.25, 0.3) is 0 Å². The van der Waals surface area contributed by atoms with Gasteiger partial charge in [0.1, 0.15) is 5.75 Å². The number of benzene rings is 1. The van der Waals surface area contributed by atoms with Crippen molar-refractivity contribution in [2.75, 3.05) is 39.3 Å². The summed E-state index contributed by atoms with van der Waals surface area (Å²) in [5.41, 5.74) is 0.687. The van der Waals surface area contributed by atoms with Gasteiger partial charge in [0, 0.05) is 44.7 Å². The number of likely N-dealkylation sites (tertiary alicyclic amines) is 1. The molecule has 0 aromatic heterocycles. The van der Waals surface area contributed by atoms with Crippen LogP contribution in [0.15, 0.2) is 24.3 Å². The van der Waals surface area contributed by atoms with Crippen LogP contribution in [-0.2, 0) is 20.8 Å². The SMILES string of the molecule is CCOc1ccc(CC(=O)N2CCN(C(=O)C3CC(=O)N(C(C)(C)C)C3)CC2)cc1. The van der Waals surface area contributed by atoms with E-state index in [0.29, 0.717) is 45.8 Å². The molecule has 0 saturated carbocycles. The average molecular weight is 416 g/mol. The summed E-state index contributed by atoms with van der Waals surface area (Å²) in [6, 6.07) is 7.60. The van der Waals surface area contributed by atoms with E-state index in [-0.39, 0.29) is 35.6 Å². The van der Waals surface area contributed by atoms with Crippen LogP contribution in [0.5, 0.6) is 5.75 Å². The molecule has 3 rings (SSSR count). The van der Waals surface area contributed by atoms with Crippen molar-refractivity contribution in [3.8, 4) is 5.75 Å². The Hall–Kier alpha value is -2.57. The van der Waals surface area contributed by atoms with E-state index in [1.165, 1.54) is 0 Å². The van der Waals surface area contributed by atoms with Crippen LogP contribution >= 0.6 is 0 Å². The molecule has 2 saturated heterocycles. The van der Waals surface area contributed by atoms with Crippen molar-refractivity contribution in [2.45, 2.75) is 46.1 Å². The fraction of sp³-hybridized carbons (Fsp3) is 0.609. The molecule has 2 fully saturated rings. The van der Waals surface area contributed by atoms with E-state index in [4.69, 9.17) is 4.74 Å². The first kappa shape index (κ1) is 22.1. The normalized spacial score (nSPS) is 19.9. The minimum absolute atomic E-state index is 0.0358. The lowest BCUT2D eigenvalue weighted by Gasteiger charge is -2.36. The summed E-state index contributed by atoms with van der Waals surface area (Å²) in [4.78, 5) is 43.3. The first-order chi connectivity index (χ1) is 14.2. The fourth-order valence-electron chi connectivity index (χ4n) is 4.11. The molecule has 2 aliphatic heterocycles. The molecule has 3 amide bonds. The van der Waals surface area contributed by atoms with Crippen LogP contribution in [0.4, 0.5) is 0 Å². The first-order valence-corrected chi connectivity index (χ1v) is 10.8. The van der Waals surface area contributed by atoms with Crippen molar-refractivity contribution >= 4 is 17.7 Å². The number of hydrogen-bond donors (Lipinski definition) is 0. The van der Waals surface area contributed by atoms with Gasteiger partial charge in [-0.05, 0) is 45.4 Å². The highest BCUT2D eigenvalue weighted by Gasteiger charge is 2.41. The Labute approximate surface area is 179 Å². The maximum atomic E-state index is 12.9. The van der Waals surface area contributed by atoms with Gasteiger partial charge in [0.15, 0.2) is 0 Å². The molecule has 1 aromatic rings. The van der Waals surface area contributed by atoms with Gasteiger partial charge in [0.2, 0.25) is 17.7 Å². The monoisotopic (exact) mass is 415 g/mol. The maximum absolute atomic E-state index is 12.9. The van der Waals surface area contributed by atoms with E-state index in [1.54, 1.807) is 4.90 Å². The van der Waals surface area contributed by atoms with Gasteiger partial charge in [-0.3, -0.25) is 14.4 Å². The number of nitrogens with zero attached hydrogens (tertiary/aromatic N) is 3. The minimum atomic E-state index is -0.275. The molecule has 0 aliphatic carbocycles. The summed E-state index contributed by atoms with van der Waals surface area (Å²) < 4.78 is 5.43. The number of amides is 3. The zero-order valence-electron chi connectivity index (χ0n) is 18.5. The van der Waals surface area contributed by atoms with Gasteiger partial charge in [-0.25, -0.2) is 0 Å². The van der Waals surface area contributed by atoms with Crippen molar-refractivity contribution in [1.29, 1.82) is 0 Å². The summed E-state index contributed by atoms with van der Waals surface area (Å²) in [5, 5.41) is 0. The molecule has 7 heteroatoms. The van der Waals surface area contributed by atoms with Crippen LogP contribution < -0.4 is 4.74 Å². The predicted molar refractivity (Wildman–Crippen MR) is 114 cm³/mol. The zero-order chi connectivity index (χ0) is 21.9. The fourth-order valence-corrected chi connectivity index (χ4v) is 4.11. The predicted octanol–water partition coefficient (Wildman–Crippen LogP) is 1.95. The number of carbonyl (C=O) groups excluding carboxylic acids is 3. The lowest BCUT2D eigenvalue weighted by atomic mass is 10.1. The van der Waals surface area contributed by atoms with Gasteiger partial charge < -0.3 is 19.4 Å². The highest BCUT2D eigenvalue weighted by Crippen LogP contribution is 2.27. The van der Waals surface area contributed by atoms with E-state index in [2.05, 4.69) is 0 Å². The topological polar surface area (TPSA) is 70.2 Å². The number of hydrogen-bond acceptors (Lipinski definition) is 4. The Bertz CT molecular complexity index is 777. The molecule has 7 nitrogen and oxygen atoms in total. The van der Waals surface area contributed by atoms with E-state index >= 15 is 0 Å². The number of rotatable bonds is 5. The van der Waals surface area contributed by atoms with Crippen LogP contribution in [0.25, 0.3) is 0 Å². The molecule has 0 bridgehead atoms. The van der Waals surface area contributed by atoms with Crippen molar-refractivity contribution < 1.29 is 19.1 Å². The molecule has 0 N–H and O–H groups in total. The molecule has 1 atom stereocenters. The molecular weight excluding hydrogens is 382 g/mol. The minimum Gasteiger partial charge on any atom is -0.494 e. The van der Waals surface area contributed by atoms with Crippen molar-refractivity contribution in [2.24, 2.45) is 5.92 Å². The standard InChI is InChI=1S/C23H33N3O4/c1-5-30-19-8-6-17(7-9-19)14-20(27)24-10-12-25(13-11-24)22(29)18-15-21(28)26(16-18)23(2,3)4/h6-9,18H,5,10-16H2,1-4H3. The Morgan fingerprint density at radius 2 is 1.63 bits per heavy atom. The van der Waals surface area contributed by atoms with Crippen LogP contribution in [0.1, 0.15) is 39.7 Å². The molecule has 1 unspecified atom stereocenters. The van der Waals surface area contributed by atoms with Crippen LogP contribution in [0, 0.1) is 5.92 Å². The molecular formula is C23H33N3O4. The molecule has 0 radical (unpaired) electrons. The highest BCUT2D eigenvalue weighted by molar-refractivity contribution is 5.90. The Balaban J connectivity index is 1.49. The first-order valence-electron chi connectivity index (χ1n) is 10.8. The third-order valence-electron chi connectivity index (χ3n) is 5.82. The largest absolute Gasteiger partial charge is 0.494 e. The number of carbonyl (C=O) groups is 3. The highest BCUT2D eigenvalue weighted by atomic mass is 16.5. The molecule has 164 valence electrons. The molecule has 30 heavy (non-hydrogen) atoms. The lowest BCUT2D eigenvalue weighted by Crippen LogP contribution is -2.52. The lowest BCUT2D eigenvalue weighted by molar-refractivity contribution is -0.141. The second-order valence-electron chi connectivity index (χ2n) is 9.04. The van der Waals surface area contributed by atoms with E-state index in [0.717, 1.165) is 11.3 Å². The summed E-state index contributed by atoms with van der Waals surface area (Å²) >= 11 is 0. The van der Waals surface area contributed by atoms with Gasteiger partial charge in [-0.1, -0.05) is 12.1 Å². The Kier molecular flexibility index (Phi) is 6.68. The third-order valence-corrected chi connectivity index (χ3v) is 5.82.